The Bertz CT molecular complexity index is 563. The Morgan fingerprint density at radius 3 is 2.33 bits per heavy atom. The third-order valence-electron chi connectivity index (χ3n) is 2.95. The number of amides is 1. The number of ether oxygens (including phenoxy) is 1. The maximum atomic E-state index is 11.5. The third-order valence-corrected chi connectivity index (χ3v) is 4.09. The number of thiazole rings is 1. The first-order chi connectivity index (χ1) is 11.2. The Labute approximate surface area is 148 Å². The molecule has 0 bridgehead atoms. The van der Waals surface area contributed by atoms with E-state index in [9.17, 15) is 4.79 Å². The fraction of sp³-hybridized carbons (Fsp3) is 0.688. The number of hydrogen-bond acceptors (Lipinski definition) is 5. The van der Waals surface area contributed by atoms with Crippen molar-refractivity contribution in [3.63, 3.8) is 0 Å². The van der Waals surface area contributed by atoms with Crippen LogP contribution in [0, 0.1) is 13.8 Å². The standard InChI is InChI=1S/C16H29N5O2S/c1-11-13(24-12(2)21-11)7-8-18-14(17-6)19-9-10-20-15(22)23-16(3,4)5/h7-10H2,1-6H3,(H,20,22)(H2,17,18,19). The molecule has 1 aromatic heterocycles. The molecule has 0 saturated carbocycles. The Kier molecular flexibility index (Phi) is 7.97. The van der Waals surface area contributed by atoms with Crippen molar-refractivity contribution >= 4 is 23.4 Å². The van der Waals surface area contributed by atoms with Crippen LogP contribution in [0.2, 0.25) is 0 Å². The minimum atomic E-state index is -0.484. The summed E-state index contributed by atoms with van der Waals surface area (Å²) in [4.78, 5) is 21.4. The van der Waals surface area contributed by atoms with Gasteiger partial charge < -0.3 is 20.7 Å². The van der Waals surface area contributed by atoms with Crippen molar-refractivity contribution in [2.45, 2.75) is 46.6 Å². The van der Waals surface area contributed by atoms with Crippen LogP contribution in [0.5, 0.6) is 0 Å². The normalized spacial score (nSPS) is 12.0. The summed E-state index contributed by atoms with van der Waals surface area (Å²) in [6.07, 6.45) is 0.497. The highest BCUT2D eigenvalue weighted by Gasteiger charge is 2.15. The lowest BCUT2D eigenvalue weighted by Gasteiger charge is -2.19. The van der Waals surface area contributed by atoms with Crippen LogP contribution in [0.15, 0.2) is 4.99 Å². The molecule has 0 atom stereocenters. The number of guanidine groups is 1. The molecule has 1 heterocycles. The molecule has 3 N–H and O–H groups in total. The summed E-state index contributed by atoms with van der Waals surface area (Å²) in [6.45, 7) is 11.4. The number of alkyl carbamates (subject to hydrolysis) is 1. The molecule has 0 fully saturated rings. The van der Waals surface area contributed by atoms with Crippen molar-refractivity contribution in [1.29, 1.82) is 0 Å². The van der Waals surface area contributed by atoms with Crippen molar-refractivity contribution in [2.75, 3.05) is 26.7 Å². The highest BCUT2D eigenvalue weighted by atomic mass is 32.1. The van der Waals surface area contributed by atoms with Crippen LogP contribution in [-0.4, -0.2) is 49.3 Å². The lowest BCUT2D eigenvalue weighted by molar-refractivity contribution is 0.0529. The second kappa shape index (κ2) is 9.46. The first kappa shape index (κ1) is 20.2. The molecule has 0 unspecified atom stereocenters. The molecule has 0 aromatic carbocycles. The molecule has 7 nitrogen and oxygen atoms in total. The topological polar surface area (TPSA) is 87.6 Å². The van der Waals surface area contributed by atoms with Crippen LogP contribution in [0.4, 0.5) is 4.79 Å². The van der Waals surface area contributed by atoms with Gasteiger partial charge in [0.15, 0.2) is 5.96 Å². The molecule has 0 radical (unpaired) electrons. The van der Waals surface area contributed by atoms with E-state index in [0.717, 1.165) is 23.7 Å². The molecule has 1 amide bonds. The molecular weight excluding hydrogens is 326 g/mol. The van der Waals surface area contributed by atoms with E-state index in [1.54, 1.807) is 18.4 Å². The van der Waals surface area contributed by atoms with E-state index in [2.05, 4.69) is 25.9 Å². The van der Waals surface area contributed by atoms with E-state index in [1.165, 1.54) is 4.88 Å². The summed E-state index contributed by atoms with van der Waals surface area (Å²) in [5.41, 5.74) is 0.617. The molecule has 0 aliphatic rings. The molecule has 1 aromatic rings. The van der Waals surface area contributed by atoms with E-state index >= 15 is 0 Å². The minimum Gasteiger partial charge on any atom is -0.444 e. The van der Waals surface area contributed by atoms with E-state index in [0.29, 0.717) is 19.0 Å². The number of carbonyl (C=O) groups is 1. The van der Waals surface area contributed by atoms with E-state index in [1.807, 2.05) is 34.6 Å². The first-order valence-electron chi connectivity index (χ1n) is 8.05. The number of nitrogens with one attached hydrogen (secondary N) is 3. The Hall–Kier alpha value is -1.83. The van der Waals surface area contributed by atoms with Crippen molar-refractivity contribution in [1.82, 2.24) is 20.9 Å². The number of aliphatic imine (C=N–C) groups is 1. The van der Waals surface area contributed by atoms with E-state index < -0.39 is 11.7 Å². The molecule has 0 aliphatic heterocycles. The second-order valence-electron chi connectivity index (χ2n) is 6.35. The molecular formula is C16H29N5O2S. The van der Waals surface area contributed by atoms with Gasteiger partial charge in [-0.05, 0) is 34.6 Å². The Balaban J connectivity index is 2.21. The maximum absolute atomic E-state index is 11.5. The van der Waals surface area contributed by atoms with Gasteiger partial charge in [0, 0.05) is 38.0 Å². The number of carbonyl (C=O) groups excluding carboxylic acids is 1. The van der Waals surface area contributed by atoms with Crippen LogP contribution in [0.1, 0.15) is 36.3 Å². The summed E-state index contributed by atoms with van der Waals surface area (Å²) in [5, 5.41) is 10.2. The smallest absolute Gasteiger partial charge is 0.407 e. The fourth-order valence-corrected chi connectivity index (χ4v) is 2.92. The molecule has 8 heteroatoms. The highest BCUT2D eigenvalue weighted by molar-refractivity contribution is 7.11. The van der Waals surface area contributed by atoms with Crippen LogP contribution in [0.3, 0.4) is 0 Å². The lowest BCUT2D eigenvalue weighted by atomic mass is 10.2. The van der Waals surface area contributed by atoms with Crippen LogP contribution in [0.25, 0.3) is 0 Å². The molecule has 0 saturated heterocycles. The lowest BCUT2D eigenvalue weighted by Crippen LogP contribution is -2.42. The summed E-state index contributed by atoms with van der Waals surface area (Å²) in [5.74, 6) is 0.708. The predicted molar refractivity (Wildman–Crippen MR) is 98.9 cm³/mol. The zero-order chi connectivity index (χ0) is 18.2. The molecule has 0 spiro atoms. The first-order valence-corrected chi connectivity index (χ1v) is 8.87. The monoisotopic (exact) mass is 355 g/mol. The van der Waals surface area contributed by atoms with Gasteiger partial charge in [0.25, 0.3) is 0 Å². The fourth-order valence-electron chi connectivity index (χ4n) is 1.98. The van der Waals surface area contributed by atoms with Crippen molar-refractivity contribution in [3.05, 3.63) is 15.6 Å². The number of hydrogen-bond donors (Lipinski definition) is 3. The van der Waals surface area contributed by atoms with Gasteiger partial charge in [-0.15, -0.1) is 11.3 Å². The van der Waals surface area contributed by atoms with Crippen LogP contribution in [-0.2, 0) is 11.2 Å². The van der Waals surface area contributed by atoms with Gasteiger partial charge in [-0.25, -0.2) is 9.78 Å². The minimum absolute atomic E-state index is 0.414. The third kappa shape index (κ3) is 8.14. The molecule has 1 rings (SSSR count). The molecule has 136 valence electrons. The van der Waals surface area contributed by atoms with E-state index in [4.69, 9.17) is 4.74 Å². The maximum Gasteiger partial charge on any atom is 0.407 e. The van der Waals surface area contributed by atoms with Crippen LogP contribution < -0.4 is 16.0 Å². The van der Waals surface area contributed by atoms with Gasteiger partial charge in [-0.3, -0.25) is 4.99 Å². The number of aryl methyl sites for hydroxylation is 2. The van der Waals surface area contributed by atoms with Gasteiger partial charge >= 0.3 is 6.09 Å². The number of rotatable bonds is 6. The van der Waals surface area contributed by atoms with Gasteiger partial charge in [-0.1, -0.05) is 0 Å². The predicted octanol–water partition coefficient (Wildman–Crippen LogP) is 1.99. The number of nitrogens with zero attached hydrogens (tertiary/aromatic N) is 2. The zero-order valence-electron chi connectivity index (χ0n) is 15.4. The second-order valence-corrected chi connectivity index (χ2v) is 7.63. The van der Waals surface area contributed by atoms with Gasteiger partial charge in [0.05, 0.1) is 10.7 Å². The van der Waals surface area contributed by atoms with Gasteiger partial charge in [0.2, 0.25) is 0 Å². The SMILES string of the molecule is CN=C(NCCNC(=O)OC(C)(C)C)NCCc1sc(C)nc1C. The summed E-state index contributed by atoms with van der Waals surface area (Å²) in [6, 6.07) is 0. The number of aromatic nitrogens is 1. The largest absolute Gasteiger partial charge is 0.444 e. The summed E-state index contributed by atoms with van der Waals surface area (Å²) in [7, 11) is 1.72. The quantitative estimate of drug-likeness (QED) is 0.413. The summed E-state index contributed by atoms with van der Waals surface area (Å²) < 4.78 is 5.17. The van der Waals surface area contributed by atoms with E-state index in [-0.39, 0.29) is 0 Å². The zero-order valence-corrected chi connectivity index (χ0v) is 16.3. The highest BCUT2D eigenvalue weighted by Crippen LogP contribution is 2.16. The van der Waals surface area contributed by atoms with Gasteiger partial charge in [0.1, 0.15) is 5.60 Å². The Morgan fingerprint density at radius 2 is 1.79 bits per heavy atom. The van der Waals surface area contributed by atoms with Gasteiger partial charge in [-0.2, -0.15) is 0 Å². The molecule has 24 heavy (non-hydrogen) atoms. The van der Waals surface area contributed by atoms with Crippen molar-refractivity contribution in [3.8, 4) is 0 Å². The average Bonchev–Trinajstić information content (AvgIpc) is 2.77. The van der Waals surface area contributed by atoms with Crippen molar-refractivity contribution < 1.29 is 9.53 Å². The Morgan fingerprint density at radius 1 is 1.17 bits per heavy atom. The summed E-state index contributed by atoms with van der Waals surface area (Å²) >= 11 is 1.73. The average molecular weight is 356 g/mol. The molecule has 0 aliphatic carbocycles. The van der Waals surface area contributed by atoms with Crippen molar-refractivity contribution in [2.24, 2.45) is 4.99 Å². The van der Waals surface area contributed by atoms with Crippen LogP contribution >= 0.6 is 11.3 Å².